The fourth-order valence-corrected chi connectivity index (χ4v) is 4.76. The molecule has 1 aliphatic rings. The van der Waals surface area contributed by atoms with Gasteiger partial charge in [-0.3, -0.25) is 4.79 Å². The molecule has 0 radical (unpaired) electrons. The van der Waals surface area contributed by atoms with Gasteiger partial charge in [-0.1, -0.05) is 41.4 Å². The highest BCUT2D eigenvalue weighted by atomic mass is 35.5. The number of carbonyl (C=O) groups is 1. The first kappa shape index (κ1) is 22.4. The largest absolute Gasteiger partial charge is 0.368 e. The summed E-state index contributed by atoms with van der Waals surface area (Å²) in [4.78, 5) is 22.9. The summed E-state index contributed by atoms with van der Waals surface area (Å²) in [6, 6.07) is 22.4. The Morgan fingerprint density at radius 1 is 0.853 bits per heavy atom. The zero-order chi connectivity index (χ0) is 23.8. The van der Waals surface area contributed by atoms with E-state index in [0.29, 0.717) is 13.1 Å². The van der Waals surface area contributed by atoms with Crippen LogP contribution in [0, 0.1) is 20.8 Å². The molecule has 0 N–H and O–H groups in total. The third-order valence-corrected chi connectivity index (χ3v) is 6.97. The van der Waals surface area contributed by atoms with Gasteiger partial charge < -0.3 is 9.80 Å². The Balaban J connectivity index is 1.48. The van der Waals surface area contributed by atoms with Crippen molar-refractivity contribution in [2.24, 2.45) is 0 Å². The van der Waals surface area contributed by atoms with Crippen molar-refractivity contribution in [2.75, 3.05) is 31.1 Å². The van der Waals surface area contributed by atoms with Gasteiger partial charge in [0, 0.05) is 47.8 Å². The lowest BCUT2D eigenvalue weighted by Gasteiger charge is -2.36. The first-order valence-electron chi connectivity index (χ1n) is 11.7. The summed E-state index contributed by atoms with van der Waals surface area (Å²) in [5.74, 6) is 0.0637. The highest BCUT2D eigenvalue weighted by Crippen LogP contribution is 2.29. The number of hydrogen-bond acceptors (Lipinski definition) is 3. The van der Waals surface area contributed by atoms with Crippen molar-refractivity contribution in [3.63, 3.8) is 0 Å². The van der Waals surface area contributed by atoms with E-state index in [4.69, 9.17) is 16.6 Å². The average Bonchev–Trinajstić information content (AvgIpc) is 2.85. The van der Waals surface area contributed by atoms with Crippen LogP contribution in [0.1, 0.15) is 27.0 Å². The summed E-state index contributed by atoms with van der Waals surface area (Å²) in [6.45, 7) is 9.15. The van der Waals surface area contributed by atoms with E-state index in [-0.39, 0.29) is 5.91 Å². The van der Waals surface area contributed by atoms with Crippen molar-refractivity contribution in [1.29, 1.82) is 0 Å². The van der Waals surface area contributed by atoms with E-state index in [2.05, 4.69) is 62.1 Å². The van der Waals surface area contributed by atoms with Crippen LogP contribution in [0.5, 0.6) is 0 Å². The molecular formula is C29H28ClN3O. The molecule has 0 bridgehead atoms. The Kier molecular flexibility index (Phi) is 6.01. The first-order valence-corrected chi connectivity index (χ1v) is 12.1. The molecule has 1 aliphatic heterocycles. The van der Waals surface area contributed by atoms with Gasteiger partial charge in [-0.2, -0.15) is 0 Å². The number of anilines is 1. The number of aryl methyl sites for hydroxylation is 3. The van der Waals surface area contributed by atoms with Gasteiger partial charge in [-0.05, 0) is 74.4 Å². The SMILES string of the molecule is Cc1ccc2nc(-c3ccc(C)c(C)c3)cc(C(=O)N3CCN(c4cccc(Cl)c4)CC3)c2c1. The average molecular weight is 470 g/mol. The Bertz CT molecular complexity index is 1390. The molecule has 3 aromatic carbocycles. The summed E-state index contributed by atoms with van der Waals surface area (Å²) in [6.07, 6.45) is 0. The summed E-state index contributed by atoms with van der Waals surface area (Å²) in [5, 5.41) is 1.64. The third-order valence-electron chi connectivity index (χ3n) is 6.74. The minimum Gasteiger partial charge on any atom is -0.368 e. The van der Waals surface area contributed by atoms with E-state index in [1.54, 1.807) is 0 Å². The summed E-state index contributed by atoms with van der Waals surface area (Å²) >= 11 is 6.18. The van der Waals surface area contributed by atoms with Crippen LogP contribution in [-0.2, 0) is 0 Å². The molecule has 34 heavy (non-hydrogen) atoms. The molecule has 0 aliphatic carbocycles. The molecule has 1 amide bonds. The molecule has 4 aromatic rings. The van der Waals surface area contributed by atoms with Crippen LogP contribution in [-0.4, -0.2) is 42.0 Å². The van der Waals surface area contributed by atoms with Crippen LogP contribution in [0.15, 0.2) is 66.7 Å². The van der Waals surface area contributed by atoms with Crippen molar-refractivity contribution in [3.05, 3.63) is 94.0 Å². The van der Waals surface area contributed by atoms with Gasteiger partial charge in [0.05, 0.1) is 16.8 Å². The fourth-order valence-electron chi connectivity index (χ4n) is 4.58. The van der Waals surface area contributed by atoms with E-state index in [1.807, 2.05) is 35.2 Å². The molecule has 1 saturated heterocycles. The highest BCUT2D eigenvalue weighted by Gasteiger charge is 2.25. The van der Waals surface area contributed by atoms with Crippen molar-refractivity contribution in [3.8, 4) is 11.3 Å². The normalized spacial score (nSPS) is 14.0. The van der Waals surface area contributed by atoms with Crippen LogP contribution < -0.4 is 4.90 Å². The molecule has 0 unspecified atom stereocenters. The molecule has 4 nitrogen and oxygen atoms in total. The Morgan fingerprint density at radius 2 is 1.65 bits per heavy atom. The van der Waals surface area contributed by atoms with E-state index in [0.717, 1.165) is 57.1 Å². The molecule has 0 atom stereocenters. The van der Waals surface area contributed by atoms with Gasteiger partial charge in [0.2, 0.25) is 0 Å². The highest BCUT2D eigenvalue weighted by molar-refractivity contribution is 6.30. The van der Waals surface area contributed by atoms with Crippen molar-refractivity contribution in [1.82, 2.24) is 9.88 Å². The third kappa shape index (κ3) is 4.38. The minimum absolute atomic E-state index is 0.0637. The molecule has 5 rings (SSSR count). The molecule has 1 aromatic heterocycles. The summed E-state index contributed by atoms with van der Waals surface area (Å²) in [5.41, 5.74) is 8.11. The number of hydrogen-bond donors (Lipinski definition) is 0. The molecular weight excluding hydrogens is 442 g/mol. The van der Waals surface area contributed by atoms with Crippen LogP contribution in [0.3, 0.4) is 0 Å². The van der Waals surface area contributed by atoms with E-state index in [1.165, 1.54) is 11.1 Å². The standard InChI is InChI=1S/C29H28ClN3O/c1-19-7-10-27-25(15-19)26(18-28(31-27)22-9-8-20(2)21(3)16-22)29(34)33-13-11-32(12-14-33)24-6-4-5-23(30)17-24/h4-10,15-18H,11-14H2,1-3H3. The zero-order valence-corrected chi connectivity index (χ0v) is 20.6. The van der Waals surface area contributed by atoms with Gasteiger partial charge in [-0.15, -0.1) is 0 Å². The molecule has 1 fully saturated rings. The Labute approximate surface area is 205 Å². The van der Waals surface area contributed by atoms with E-state index in [9.17, 15) is 4.79 Å². The van der Waals surface area contributed by atoms with Crippen LogP contribution >= 0.6 is 11.6 Å². The van der Waals surface area contributed by atoms with Crippen LogP contribution in [0.2, 0.25) is 5.02 Å². The summed E-state index contributed by atoms with van der Waals surface area (Å²) in [7, 11) is 0. The van der Waals surface area contributed by atoms with Crippen LogP contribution in [0.4, 0.5) is 5.69 Å². The maximum Gasteiger partial charge on any atom is 0.254 e. The number of carbonyl (C=O) groups excluding carboxylic acids is 1. The monoisotopic (exact) mass is 469 g/mol. The van der Waals surface area contributed by atoms with E-state index >= 15 is 0 Å². The zero-order valence-electron chi connectivity index (χ0n) is 19.8. The van der Waals surface area contributed by atoms with Crippen molar-refractivity contribution < 1.29 is 4.79 Å². The second-order valence-corrected chi connectivity index (χ2v) is 9.57. The van der Waals surface area contributed by atoms with Gasteiger partial charge in [0.1, 0.15) is 0 Å². The van der Waals surface area contributed by atoms with Gasteiger partial charge in [0.25, 0.3) is 5.91 Å². The Hall–Kier alpha value is -3.37. The molecule has 0 spiro atoms. The number of nitrogens with zero attached hydrogens (tertiary/aromatic N) is 3. The van der Waals surface area contributed by atoms with Crippen molar-refractivity contribution >= 4 is 34.1 Å². The molecule has 2 heterocycles. The number of amides is 1. The molecule has 172 valence electrons. The number of piperazine rings is 1. The maximum absolute atomic E-state index is 13.8. The topological polar surface area (TPSA) is 36.4 Å². The van der Waals surface area contributed by atoms with Crippen molar-refractivity contribution in [2.45, 2.75) is 20.8 Å². The lowest BCUT2D eigenvalue weighted by molar-refractivity contribution is 0.0748. The van der Waals surface area contributed by atoms with E-state index < -0.39 is 0 Å². The van der Waals surface area contributed by atoms with Gasteiger partial charge in [0.15, 0.2) is 0 Å². The number of benzene rings is 3. The minimum atomic E-state index is 0.0637. The predicted octanol–water partition coefficient (Wildman–Crippen LogP) is 6.44. The number of pyridine rings is 1. The quantitative estimate of drug-likeness (QED) is 0.346. The number of fused-ring (bicyclic) bond motifs is 1. The lowest BCUT2D eigenvalue weighted by Crippen LogP contribution is -2.48. The van der Waals surface area contributed by atoms with Crippen LogP contribution in [0.25, 0.3) is 22.2 Å². The smallest absolute Gasteiger partial charge is 0.254 e. The lowest BCUT2D eigenvalue weighted by atomic mass is 9.99. The molecule has 5 heteroatoms. The fraction of sp³-hybridized carbons (Fsp3) is 0.241. The molecule has 0 saturated carbocycles. The number of rotatable bonds is 3. The summed E-state index contributed by atoms with van der Waals surface area (Å²) < 4.78 is 0. The second kappa shape index (κ2) is 9.11. The first-order chi connectivity index (χ1) is 16.4. The van der Waals surface area contributed by atoms with Gasteiger partial charge >= 0.3 is 0 Å². The Morgan fingerprint density at radius 3 is 2.38 bits per heavy atom. The maximum atomic E-state index is 13.8. The predicted molar refractivity (Wildman–Crippen MR) is 141 cm³/mol. The number of halogens is 1. The second-order valence-electron chi connectivity index (χ2n) is 9.13. The van der Waals surface area contributed by atoms with Gasteiger partial charge in [-0.25, -0.2) is 4.98 Å². The number of aromatic nitrogens is 1.